The van der Waals surface area contributed by atoms with Crippen molar-refractivity contribution in [2.45, 2.75) is 12.0 Å². The maximum absolute atomic E-state index is 11.2. The zero-order valence-electron chi connectivity index (χ0n) is 11.5. The quantitative estimate of drug-likeness (QED) is 0.937. The van der Waals surface area contributed by atoms with Gasteiger partial charge in [-0.1, -0.05) is 60.7 Å². The van der Waals surface area contributed by atoms with Crippen LogP contribution < -0.4 is 0 Å². The lowest BCUT2D eigenvalue weighted by molar-refractivity contribution is -0.139. The van der Waals surface area contributed by atoms with Crippen molar-refractivity contribution >= 4 is 12.2 Å². The predicted molar refractivity (Wildman–Crippen MR) is 81.1 cm³/mol. The molecule has 4 nitrogen and oxygen atoms in total. The SMILES string of the molecule is O=C(O)CN1N=CCC1(c1ccccc1)c1ccccc1. The van der Waals surface area contributed by atoms with Gasteiger partial charge >= 0.3 is 5.97 Å². The molecule has 1 aliphatic rings. The van der Waals surface area contributed by atoms with Gasteiger partial charge in [0.25, 0.3) is 0 Å². The largest absolute Gasteiger partial charge is 0.480 e. The van der Waals surface area contributed by atoms with Crippen LogP contribution in [0.3, 0.4) is 0 Å². The fraction of sp³-hybridized carbons (Fsp3) is 0.176. The number of benzene rings is 2. The third kappa shape index (κ3) is 2.29. The number of carbonyl (C=O) groups is 1. The van der Waals surface area contributed by atoms with Crippen molar-refractivity contribution in [1.82, 2.24) is 5.01 Å². The van der Waals surface area contributed by atoms with Gasteiger partial charge in [0.05, 0.1) is 0 Å². The second kappa shape index (κ2) is 5.40. The first-order valence-corrected chi connectivity index (χ1v) is 6.86. The molecule has 0 radical (unpaired) electrons. The molecule has 106 valence electrons. The standard InChI is InChI=1S/C17H16N2O2/c20-16(21)13-19-17(11-12-18-19,14-7-3-1-4-8-14)15-9-5-2-6-10-15/h1-10,12H,11,13H2,(H,20,21). The summed E-state index contributed by atoms with van der Waals surface area (Å²) < 4.78 is 0. The number of carboxylic acids is 1. The van der Waals surface area contributed by atoms with E-state index in [-0.39, 0.29) is 6.54 Å². The normalized spacial score (nSPS) is 16.1. The molecule has 4 heteroatoms. The van der Waals surface area contributed by atoms with E-state index in [1.54, 1.807) is 11.2 Å². The van der Waals surface area contributed by atoms with Crippen molar-refractivity contribution in [2.24, 2.45) is 5.10 Å². The monoisotopic (exact) mass is 280 g/mol. The van der Waals surface area contributed by atoms with Gasteiger partial charge < -0.3 is 5.11 Å². The molecule has 0 unspecified atom stereocenters. The molecule has 2 aromatic carbocycles. The molecule has 3 rings (SSSR count). The van der Waals surface area contributed by atoms with E-state index in [0.29, 0.717) is 6.42 Å². The third-order valence-electron chi connectivity index (χ3n) is 3.84. The van der Waals surface area contributed by atoms with E-state index in [4.69, 9.17) is 0 Å². The third-order valence-corrected chi connectivity index (χ3v) is 3.84. The van der Waals surface area contributed by atoms with Crippen LogP contribution in [0.1, 0.15) is 17.5 Å². The van der Waals surface area contributed by atoms with Crippen LogP contribution >= 0.6 is 0 Å². The Kier molecular flexibility index (Phi) is 3.44. The molecule has 0 aliphatic carbocycles. The van der Waals surface area contributed by atoms with Crippen LogP contribution in [0.2, 0.25) is 0 Å². The van der Waals surface area contributed by atoms with Crippen molar-refractivity contribution in [3.63, 3.8) is 0 Å². The van der Waals surface area contributed by atoms with Gasteiger partial charge in [-0.2, -0.15) is 5.10 Å². The summed E-state index contributed by atoms with van der Waals surface area (Å²) in [6, 6.07) is 19.9. The van der Waals surface area contributed by atoms with Crippen LogP contribution in [-0.2, 0) is 10.3 Å². The molecule has 1 N–H and O–H groups in total. The Labute approximate surface area is 123 Å². The van der Waals surface area contributed by atoms with Gasteiger partial charge in [-0.25, -0.2) is 0 Å². The molecule has 2 aromatic rings. The molecule has 0 saturated carbocycles. The lowest BCUT2D eigenvalue weighted by Gasteiger charge is -2.38. The lowest BCUT2D eigenvalue weighted by Crippen LogP contribution is -2.43. The number of hydrogen-bond acceptors (Lipinski definition) is 3. The number of aliphatic carboxylic acids is 1. The van der Waals surface area contributed by atoms with Gasteiger partial charge in [0.2, 0.25) is 0 Å². The molecule has 1 aliphatic heterocycles. The highest BCUT2D eigenvalue weighted by atomic mass is 16.4. The maximum Gasteiger partial charge on any atom is 0.324 e. The Morgan fingerprint density at radius 1 is 1.05 bits per heavy atom. The first-order chi connectivity index (χ1) is 10.2. The molecule has 0 fully saturated rings. The van der Waals surface area contributed by atoms with E-state index in [0.717, 1.165) is 11.1 Å². The molecule has 21 heavy (non-hydrogen) atoms. The molecule has 0 atom stereocenters. The predicted octanol–water partition coefficient (Wildman–Crippen LogP) is 2.71. The average molecular weight is 280 g/mol. The Morgan fingerprint density at radius 2 is 1.57 bits per heavy atom. The summed E-state index contributed by atoms with van der Waals surface area (Å²) in [5.74, 6) is -0.884. The lowest BCUT2D eigenvalue weighted by atomic mass is 9.80. The zero-order valence-corrected chi connectivity index (χ0v) is 11.5. The Balaban J connectivity index is 2.14. The van der Waals surface area contributed by atoms with Crippen LogP contribution in [-0.4, -0.2) is 28.8 Å². The summed E-state index contributed by atoms with van der Waals surface area (Å²) in [5.41, 5.74) is 1.56. The summed E-state index contributed by atoms with van der Waals surface area (Å²) in [6.45, 7) is -0.125. The Hall–Kier alpha value is -2.62. The minimum Gasteiger partial charge on any atom is -0.480 e. The van der Waals surface area contributed by atoms with Crippen LogP contribution in [0.5, 0.6) is 0 Å². The van der Waals surface area contributed by atoms with Gasteiger partial charge in [-0.05, 0) is 11.1 Å². The van der Waals surface area contributed by atoms with Gasteiger partial charge in [-0.15, -0.1) is 0 Å². The fourth-order valence-corrected chi connectivity index (χ4v) is 2.91. The van der Waals surface area contributed by atoms with E-state index >= 15 is 0 Å². The second-order valence-electron chi connectivity index (χ2n) is 5.05. The molecular formula is C17H16N2O2. The average Bonchev–Trinajstić information content (AvgIpc) is 2.93. The highest BCUT2D eigenvalue weighted by Gasteiger charge is 2.43. The maximum atomic E-state index is 11.2. The van der Waals surface area contributed by atoms with Gasteiger partial charge in [-0.3, -0.25) is 9.80 Å². The molecule has 0 bridgehead atoms. The fourth-order valence-electron chi connectivity index (χ4n) is 2.91. The van der Waals surface area contributed by atoms with Gasteiger partial charge in [0.15, 0.2) is 0 Å². The number of rotatable bonds is 4. The summed E-state index contributed by atoms with van der Waals surface area (Å²) in [4.78, 5) is 11.2. The number of hydrogen-bond donors (Lipinski definition) is 1. The van der Waals surface area contributed by atoms with Crippen LogP contribution in [0.4, 0.5) is 0 Å². The van der Waals surface area contributed by atoms with Gasteiger partial charge in [0.1, 0.15) is 12.1 Å². The summed E-state index contributed by atoms with van der Waals surface area (Å²) in [5, 5.41) is 15.2. The van der Waals surface area contributed by atoms with Crippen molar-refractivity contribution in [3.8, 4) is 0 Å². The molecule has 1 heterocycles. The number of nitrogens with zero attached hydrogens (tertiary/aromatic N) is 2. The first kappa shape index (κ1) is 13.4. The van der Waals surface area contributed by atoms with Crippen molar-refractivity contribution in [2.75, 3.05) is 6.54 Å². The van der Waals surface area contributed by atoms with E-state index in [2.05, 4.69) is 5.10 Å². The van der Waals surface area contributed by atoms with Gasteiger partial charge in [0, 0.05) is 12.6 Å². The molecule has 0 saturated heterocycles. The molecule has 0 amide bonds. The van der Waals surface area contributed by atoms with E-state index in [1.807, 2.05) is 60.7 Å². The Morgan fingerprint density at radius 3 is 2.05 bits per heavy atom. The highest BCUT2D eigenvalue weighted by Crippen LogP contribution is 2.41. The number of carboxylic acid groups (broad SMARTS) is 1. The summed E-state index contributed by atoms with van der Waals surface area (Å²) >= 11 is 0. The molecule has 0 spiro atoms. The van der Waals surface area contributed by atoms with Crippen molar-refractivity contribution in [1.29, 1.82) is 0 Å². The highest BCUT2D eigenvalue weighted by molar-refractivity contribution is 5.72. The second-order valence-corrected chi connectivity index (χ2v) is 5.05. The van der Waals surface area contributed by atoms with Crippen LogP contribution in [0.25, 0.3) is 0 Å². The zero-order chi connectivity index (χ0) is 14.7. The van der Waals surface area contributed by atoms with Crippen LogP contribution in [0.15, 0.2) is 65.8 Å². The number of hydrazone groups is 1. The molecule has 0 aromatic heterocycles. The Bertz CT molecular complexity index is 614. The smallest absolute Gasteiger partial charge is 0.324 e. The van der Waals surface area contributed by atoms with Crippen LogP contribution in [0, 0.1) is 0 Å². The first-order valence-electron chi connectivity index (χ1n) is 6.86. The van der Waals surface area contributed by atoms with E-state index in [1.165, 1.54) is 0 Å². The van der Waals surface area contributed by atoms with Crippen molar-refractivity contribution in [3.05, 3.63) is 71.8 Å². The van der Waals surface area contributed by atoms with Crippen molar-refractivity contribution < 1.29 is 9.90 Å². The van der Waals surface area contributed by atoms with E-state index in [9.17, 15) is 9.90 Å². The topological polar surface area (TPSA) is 52.9 Å². The molecular weight excluding hydrogens is 264 g/mol. The minimum absolute atomic E-state index is 0.125. The summed E-state index contributed by atoms with van der Waals surface area (Å²) in [7, 11) is 0. The van der Waals surface area contributed by atoms with E-state index < -0.39 is 11.5 Å². The summed E-state index contributed by atoms with van der Waals surface area (Å²) in [6.07, 6.45) is 2.46. The minimum atomic E-state index is -0.884.